The van der Waals surface area contributed by atoms with Gasteiger partial charge in [-0.3, -0.25) is 0 Å². The third kappa shape index (κ3) is 3.84. The minimum Gasteiger partial charge on any atom is -0.390 e. The van der Waals surface area contributed by atoms with Crippen molar-refractivity contribution in [1.82, 2.24) is 9.55 Å². The van der Waals surface area contributed by atoms with Crippen LogP contribution in [-0.4, -0.2) is 14.7 Å². The summed E-state index contributed by atoms with van der Waals surface area (Å²) in [7, 11) is 1.88. The van der Waals surface area contributed by atoms with Crippen molar-refractivity contribution in [2.24, 2.45) is 7.05 Å². The molecule has 0 radical (unpaired) electrons. The van der Waals surface area contributed by atoms with E-state index in [1.807, 2.05) is 25.5 Å². The molecule has 1 aromatic rings. The maximum Gasteiger partial charge on any atom is 0.152 e. The van der Waals surface area contributed by atoms with E-state index in [-0.39, 0.29) is 6.61 Å². The van der Waals surface area contributed by atoms with E-state index in [9.17, 15) is 0 Å². The van der Waals surface area contributed by atoms with Gasteiger partial charge in [0.1, 0.15) is 5.82 Å². The standard InChI is InChI=1S/C9H15ClN2O.C2H6/c1-3-4-5-8-11-9(10)7(6-13)12(8)2;1-2/h13H,3-6H2,1-2H3;1-2H3. The highest BCUT2D eigenvalue weighted by Crippen LogP contribution is 2.17. The minimum atomic E-state index is -0.0472. The number of rotatable bonds is 4. The van der Waals surface area contributed by atoms with E-state index in [0.29, 0.717) is 10.8 Å². The van der Waals surface area contributed by atoms with Gasteiger partial charge < -0.3 is 9.67 Å². The summed E-state index contributed by atoms with van der Waals surface area (Å²) in [5, 5.41) is 9.42. The van der Waals surface area contributed by atoms with Crippen LogP contribution in [0.4, 0.5) is 0 Å². The monoisotopic (exact) mass is 232 g/mol. The molecule has 0 aliphatic rings. The fourth-order valence-electron chi connectivity index (χ4n) is 1.28. The normalized spacial score (nSPS) is 9.73. The Hall–Kier alpha value is -0.540. The second-order valence-electron chi connectivity index (χ2n) is 3.09. The molecule has 0 fully saturated rings. The summed E-state index contributed by atoms with van der Waals surface area (Å²) in [6, 6.07) is 0. The van der Waals surface area contributed by atoms with Gasteiger partial charge in [-0.2, -0.15) is 0 Å². The van der Waals surface area contributed by atoms with Crippen molar-refractivity contribution in [1.29, 1.82) is 0 Å². The van der Waals surface area contributed by atoms with Crippen LogP contribution in [0.1, 0.15) is 45.1 Å². The van der Waals surface area contributed by atoms with Gasteiger partial charge >= 0.3 is 0 Å². The molecule has 1 heterocycles. The van der Waals surface area contributed by atoms with E-state index in [1.54, 1.807) is 0 Å². The molecule has 88 valence electrons. The molecule has 0 amide bonds. The molecule has 1 N–H and O–H groups in total. The highest BCUT2D eigenvalue weighted by Gasteiger charge is 2.10. The minimum absolute atomic E-state index is 0.0472. The number of halogens is 1. The predicted octanol–water partition coefficient (Wildman–Crippen LogP) is 2.93. The molecule has 0 aromatic carbocycles. The van der Waals surface area contributed by atoms with Crippen molar-refractivity contribution >= 4 is 11.6 Å². The summed E-state index contributed by atoms with van der Waals surface area (Å²) in [5.41, 5.74) is 0.702. The van der Waals surface area contributed by atoms with E-state index in [2.05, 4.69) is 11.9 Å². The summed E-state index contributed by atoms with van der Waals surface area (Å²) in [6.45, 7) is 6.09. The zero-order valence-corrected chi connectivity index (χ0v) is 10.8. The molecule has 0 aliphatic heterocycles. The molecule has 1 aromatic heterocycles. The number of unbranched alkanes of at least 4 members (excludes halogenated alkanes) is 1. The van der Waals surface area contributed by atoms with Crippen LogP contribution in [0.2, 0.25) is 5.15 Å². The number of aliphatic hydroxyl groups excluding tert-OH is 1. The average Bonchev–Trinajstić information content (AvgIpc) is 2.53. The molecule has 0 aliphatic carbocycles. The maximum absolute atomic E-state index is 8.99. The van der Waals surface area contributed by atoms with Crippen LogP contribution in [0.3, 0.4) is 0 Å². The van der Waals surface area contributed by atoms with Crippen LogP contribution in [0.25, 0.3) is 0 Å². The molecule has 0 spiro atoms. The first-order valence-corrected chi connectivity index (χ1v) is 5.89. The number of aryl methyl sites for hydroxylation is 1. The zero-order chi connectivity index (χ0) is 11.8. The Balaban J connectivity index is 0.000000921. The van der Waals surface area contributed by atoms with Gasteiger partial charge in [-0.05, 0) is 6.42 Å². The van der Waals surface area contributed by atoms with Crippen LogP contribution < -0.4 is 0 Å². The summed E-state index contributed by atoms with van der Waals surface area (Å²) >= 11 is 5.84. The van der Waals surface area contributed by atoms with E-state index >= 15 is 0 Å². The number of hydrogen-bond acceptors (Lipinski definition) is 2. The second-order valence-corrected chi connectivity index (χ2v) is 3.44. The third-order valence-corrected chi connectivity index (χ3v) is 2.46. The van der Waals surface area contributed by atoms with Crippen molar-refractivity contribution in [2.45, 2.75) is 46.6 Å². The largest absolute Gasteiger partial charge is 0.390 e. The Morgan fingerprint density at radius 3 is 2.40 bits per heavy atom. The van der Waals surface area contributed by atoms with Crippen molar-refractivity contribution in [3.63, 3.8) is 0 Å². The Bertz CT molecular complexity index is 284. The Morgan fingerprint density at radius 1 is 1.40 bits per heavy atom. The van der Waals surface area contributed by atoms with Gasteiger partial charge in [0.25, 0.3) is 0 Å². The van der Waals surface area contributed by atoms with Crippen molar-refractivity contribution in [3.8, 4) is 0 Å². The molecule has 0 unspecified atom stereocenters. The van der Waals surface area contributed by atoms with Gasteiger partial charge in [0.15, 0.2) is 5.15 Å². The van der Waals surface area contributed by atoms with Crippen LogP contribution in [0.15, 0.2) is 0 Å². The SMILES string of the molecule is CC.CCCCc1nc(Cl)c(CO)n1C. The molecule has 4 heteroatoms. The molecule has 0 saturated carbocycles. The Kier molecular flexibility index (Phi) is 7.44. The van der Waals surface area contributed by atoms with Crippen LogP contribution in [0, 0.1) is 0 Å². The number of hydrogen-bond donors (Lipinski definition) is 1. The van der Waals surface area contributed by atoms with Gasteiger partial charge in [-0.25, -0.2) is 4.98 Å². The lowest BCUT2D eigenvalue weighted by Crippen LogP contribution is -2.01. The molecule has 1 rings (SSSR count). The van der Waals surface area contributed by atoms with E-state index in [0.717, 1.165) is 25.1 Å². The Labute approximate surface area is 97.1 Å². The summed E-state index contributed by atoms with van der Waals surface area (Å²) in [6.07, 6.45) is 3.16. The number of imidazole rings is 1. The fraction of sp³-hybridized carbons (Fsp3) is 0.727. The van der Waals surface area contributed by atoms with Gasteiger partial charge in [0, 0.05) is 13.5 Å². The first-order chi connectivity index (χ1) is 7.20. The molecular weight excluding hydrogens is 212 g/mol. The highest BCUT2D eigenvalue weighted by molar-refractivity contribution is 6.30. The van der Waals surface area contributed by atoms with Crippen LogP contribution in [0.5, 0.6) is 0 Å². The van der Waals surface area contributed by atoms with Gasteiger partial charge in [0.05, 0.1) is 12.3 Å². The first-order valence-electron chi connectivity index (χ1n) is 5.51. The summed E-state index contributed by atoms with van der Waals surface area (Å²) in [4.78, 5) is 4.19. The van der Waals surface area contributed by atoms with Crippen molar-refractivity contribution in [2.75, 3.05) is 0 Å². The quantitative estimate of drug-likeness (QED) is 0.867. The molecule has 3 nitrogen and oxygen atoms in total. The van der Waals surface area contributed by atoms with E-state index in [4.69, 9.17) is 16.7 Å². The van der Waals surface area contributed by atoms with Gasteiger partial charge in [-0.15, -0.1) is 0 Å². The molecule has 0 saturated heterocycles. The van der Waals surface area contributed by atoms with Crippen molar-refractivity contribution < 1.29 is 5.11 Å². The molecule has 0 bridgehead atoms. The van der Waals surface area contributed by atoms with Crippen molar-refractivity contribution in [3.05, 3.63) is 16.7 Å². The second kappa shape index (κ2) is 7.71. The Morgan fingerprint density at radius 2 is 2.00 bits per heavy atom. The lowest BCUT2D eigenvalue weighted by Gasteiger charge is -2.02. The predicted molar refractivity (Wildman–Crippen MR) is 64.1 cm³/mol. The van der Waals surface area contributed by atoms with Crippen LogP contribution in [-0.2, 0) is 20.1 Å². The molecule has 15 heavy (non-hydrogen) atoms. The third-order valence-electron chi connectivity index (χ3n) is 2.16. The first kappa shape index (κ1) is 14.5. The lowest BCUT2D eigenvalue weighted by molar-refractivity contribution is 0.272. The van der Waals surface area contributed by atoms with Gasteiger partial charge in [-0.1, -0.05) is 38.8 Å². The highest BCUT2D eigenvalue weighted by atomic mass is 35.5. The average molecular weight is 233 g/mol. The lowest BCUT2D eigenvalue weighted by atomic mass is 10.2. The molecule has 0 atom stereocenters. The smallest absolute Gasteiger partial charge is 0.152 e. The fourth-order valence-corrected chi connectivity index (χ4v) is 1.56. The zero-order valence-electron chi connectivity index (χ0n) is 10.0. The number of aliphatic hydroxyl groups is 1. The van der Waals surface area contributed by atoms with E-state index < -0.39 is 0 Å². The topological polar surface area (TPSA) is 38.1 Å². The summed E-state index contributed by atoms with van der Waals surface area (Å²) < 4.78 is 1.87. The van der Waals surface area contributed by atoms with Gasteiger partial charge in [0.2, 0.25) is 0 Å². The number of nitrogens with zero attached hydrogens (tertiary/aromatic N) is 2. The van der Waals surface area contributed by atoms with Crippen LogP contribution >= 0.6 is 11.6 Å². The van der Waals surface area contributed by atoms with E-state index in [1.165, 1.54) is 0 Å². The maximum atomic E-state index is 8.99. The summed E-state index contributed by atoms with van der Waals surface area (Å²) in [5.74, 6) is 0.955. The molecular formula is C11H21ClN2O. The number of aromatic nitrogens is 2.